The van der Waals surface area contributed by atoms with E-state index in [0.717, 1.165) is 18.5 Å². The highest BCUT2D eigenvalue weighted by Crippen LogP contribution is 2.26. The van der Waals surface area contributed by atoms with Crippen LogP contribution in [0.25, 0.3) is 0 Å². The number of anilines is 1. The minimum Gasteiger partial charge on any atom is -0.360 e. The van der Waals surface area contributed by atoms with E-state index in [2.05, 4.69) is 10.6 Å². The summed E-state index contributed by atoms with van der Waals surface area (Å²) in [4.78, 5) is 0.548. The fourth-order valence-electron chi connectivity index (χ4n) is 1.30. The van der Waals surface area contributed by atoms with Crippen molar-refractivity contribution >= 4 is 34.8 Å². The second-order valence-electron chi connectivity index (χ2n) is 3.78. The summed E-state index contributed by atoms with van der Waals surface area (Å²) < 4.78 is 24.2. The minimum atomic E-state index is -2.38. The lowest BCUT2D eigenvalue weighted by Crippen LogP contribution is -2.30. The molecular weight excluding hydrogens is 262 g/mol. The van der Waals surface area contributed by atoms with Crippen LogP contribution in [0.1, 0.15) is 12.8 Å². The van der Waals surface area contributed by atoms with Crippen LogP contribution in [0.3, 0.4) is 0 Å². The Bertz CT molecular complexity index is 391. The van der Waals surface area contributed by atoms with Gasteiger partial charge in [0.2, 0.25) is 0 Å². The zero-order chi connectivity index (χ0) is 12.3. The van der Waals surface area contributed by atoms with Gasteiger partial charge in [-0.1, -0.05) is 11.8 Å². The summed E-state index contributed by atoms with van der Waals surface area (Å²) in [7, 11) is 0. The number of alkyl halides is 2. The number of nitrogens with one attached hydrogen (secondary N) is 2. The second-order valence-corrected chi connectivity index (χ2v) is 5.25. The number of thiocarbonyl (C=S) groups is 1. The molecule has 0 heterocycles. The highest BCUT2D eigenvalue weighted by Gasteiger charge is 2.21. The third-order valence-electron chi connectivity index (χ3n) is 2.25. The van der Waals surface area contributed by atoms with Gasteiger partial charge in [-0.05, 0) is 49.3 Å². The number of rotatable bonds is 4. The molecule has 0 unspecified atom stereocenters. The van der Waals surface area contributed by atoms with Crippen LogP contribution >= 0.6 is 24.0 Å². The molecule has 1 aliphatic rings. The number of hydrogen-bond acceptors (Lipinski definition) is 2. The van der Waals surface area contributed by atoms with Crippen molar-refractivity contribution in [1.29, 1.82) is 0 Å². The quantitative estimate of drug-likeness (QED) is 0.648. The standard InChI is InChI=1S/C11H12F2N2S2/c12-10(13)17-9-5-3-8(4-6-9)15-11(16)14-7-1-2-7/h3-7,10H,1-2H2,(H2,14,15,16). The van der Waals surface area contributed by atoms with E-state index in [4.69, 9.17) is 12.2 Å². The van der Waals surface area contributed by atoms with Gasteiger partial charge >= 0.3 is 0 Å². The topological polar surface area (TPSA) is 24.1 Å². The summed E-state index contributed by atoms with van der Waals surface area (Å²) in [6.45, 7) is 0. The highest BCUT2D eigenvalue weighted by molar-refractivity contribution is 7.99. The van der Waals surface area contributed by atoms with Crippen molar-refractivity contribution < 1.29 is 8.78 Å². The van der Waals surface area contributed by atoms with Gasteiger partial charge in [0.05, 0.1) is 0 Å². The Labute approximate surface area is 108 Å². The zero-order valence-electron chi connectivity index (χ0n) is 8.95. The molecule has 0 amide bonds. The summed E-state index contributed by atoms with van der Waals surface area (Å²) >= 11 is 5.64. The van der Waals surface area contributed by atoms with Crippen LogP contribution in [0, 0.1) is 0 Å². The SMILES string of the molecule is FC(F)Sc1ccc(NC(=S)NC2CC2)cc1. The van der Waals surface area contributed by atoms with Gasteiger partial charge < -0.3 is 10.6 Å². The molecule has 0 aromatic heterocycles. The average Bonchev–Trinajstić information content (AvgIpc) is 3.04. The fourth-order valence-corrected chi connectivity index (χ4v) is 2.08. The molecule has 17 heavy (non-hydrogen) atoms. The fraction of sp³-hybridized carbons (Fsp3) is 0.364. The van der Waals surface area contributed by atoms with Crippen molar-refractivity contribution in [2.24, 2.45) is 0 Å². The lowest BCUT2D eigenvalue weighted by atomic mass is 10.3. The molecule has 92 valence electrons. The first-order valence-corrected chi connectivity index (χ1v) is 6.54. The van der Waals surface area contributed by atoms with Gasteiger partial charge in [-0.3, -0.25) is 0 Å². The van der Waals surface area contributed by atoms with Crippen molar-refractivity contribution in [3.05, 3.63) is 24.3 Å². The predicted molar refractivity (Wildman–Crippen MR) is 70.7 cm³/mol. The van der Waals surface area contributed by atoms with E-state index >= 15 is 0 Å². The van der Waals surface area contributed by atoms with Gasteiger partial charge in [-0.15, -0.1) is 0 Å². The average molecular weight is 274 g/mol. The molecule has 6 heteroatoms. The van der Waals surface area contributed by atoms with Crippen molar-refractivity contribution in [2.75, 3.05) is 5.32 Å². The molecule has 1 aromatic rings. The molecule has 1 aromatic carbocycles. The van der Waals surface area contributed by atoms with Gasteiger partial charge in [-0.2, -0.15) is 8.78 Å². The molecule has 0 spiro atoms. The first-order chi connectivity index (χ1) is 8.13. The predicted octanol–water partition coefficient (Wildman–Crippen LogP) is 3.45. The second kappa shape index (κ2) is 5.64. The number of thioether (sulfide) groups is 1. The normalized spacial score (nSPS) is 14.8. The summed E-state index contributed by atoms with van der Waals surface area (Å²) in [6.07, 6.45) is 2.32. The lowest BCUT2D eigenvalue weighted by Gasteiger charge is -2.09. The third-order valence-corrected chi connectivity index (χ3v) is 3.19. The molecule has 1 fully saturated rings. The van der Waals surface area contributed by atoms with Crippen molar-refractivity contribution in [3.63, 3.8) is 0 Å². The maximum Gasteiger partial charge on any atom is 0.288 e. The Morgan fingerprint density at radius 2 is 1.94 bits per heavy atom. The Kier molecular flexibility index (Phi) is 4.17. The van der Waals surface area contributed by atoms with E-state index in [9.17, 15) is 8.78 Å². The maximum atomic E-state index is 12.1. The molecular formula is C11H12F2N2S2. The van der Waals surface area contributed by atoms with Crippen LogP contribution in [-0.2, 0) is 0 Å². The molecule has 0 bridgehead atoms. The summed E-state index contributed by atoms with van der Waals surface area (Å²) in [6, 6.07) is 7.29. The Balaban J connectivity index is 1.86. The van der Waals surface area contributed by atoms with Crippen molar-refractivity contribution in [2.45, 2.75) is 29.5 Å². The molecule has 2 rings (SSSR count). The largest absolute Gasteiger partial charge is 0.360 e. The summed E-state index contributed by atoms with van der Waals surface area (Å²) in [5.74, 6) is -2.38. The number of halogens is 2. The van der Waals surface area contributed by atoms with Gasteiger partial charge in [0.15, 0.2) is 5.11 Å². The molecule has 2 nitrogen and oxygen atoms in total. The summed E-state index contributed by atoms with van der Waals surface area (Å²) in [5.41, 5.74) is 0.807. The molecule has 1 saturated carbocycles. The molecule has 0 radical (unpaired) electrons. The van der Waals surface area contributed by atoms with Crippen molar-refractivity contribution in [3.8, 4) is 0 Å². The van der Waals surface area contributed by atoms with Gasteiger partial charge in [0, 0.05) is 16.6 Å². The first kappa shape index (κ1) is 12.6. The van der Waals surface area contributed by atoms with Crippen LogP contribution in [-0.4, -0.2) is 16.9 Å². The molecule has 2 N–H and O–H groups in total. The van der Waals surface area contributed by atoms with E-state index < -0.39 is 5.76 Å². The van der Waals surface area contributed by atoms with E-state index in [1.54, 1.807) is 24.3 Å². The van der Waals surface area contributed by atoms with Crippen LogP contribution < -0.4 is 10.6 Å². The van der Waals surface area contributed by atoms with Gasteiger partial charge in [0.1, 0.15) is 0 Å². The van der Waals surface area contributed by atoms with E-state index in [1.807, 2.05) is 0 Å². The Morgan fingerprint density at radius 1 is 1.29 bits per heavy atom. The first-order valence-electron chi connectivity index (χ1n) is 5.26. The minimum absolute atomic E-state index is 0.503. The monoisotopic (exact) mass is 274 g/mol. The van der Waals surface area contributed by atoms with Crippen LogP contribution in [0.5, 0.6) is 0 Å². The smallest absolute Gasteiger partial charge is 0.288 e. The number of hydrogen-bond donors (Lipinski definition) is 2. The van der Waals surface area contributed by atoms with Gasteiger partial charge in [-0.25, -0.2) is 0 Å². The Morgan fingerprint density at radius 3 is 2.47 bits per heavy atom. The Hall–Kier alpha value is -0.880. The number of benzene rings is 1. The van der Waals surface area contributed by atoms with Crippen LogP contribution in [0.4, 0.5) is 14.5 Å². The zero-order valence-corrected chi connectivity index (χ0v) is 10.6. The van der Waals surface area contributed by atoms with E-state index in [-0.39, 0.29) is 0 Å². The third kappa shape index (κ3) is 4.47. The van der Waals surface area contributed by atoms with E-state index in [0.29, 0.717) is 27.8 Å². The lowest BCUT2D eigenvalue weighted by molar-refractivity contribution is 0.252. The highest BCUT2D eigenvalue weighted by atomic mass is 32.2. The van der Waals surface area contributed by atoms with Gasteiger partial charge in [0.25, 0.3) is 5.76 Å². The molecule has 1 aliphatic carbocycles. The van der Waals surface area contributed by atoms with Crippen LogP contribution in [0.2, 0.25) is 0 Å². The summed E-state index contributed by atoms with van der Waals surface area (Å²) in [5, 5.41) is 6.75. The molecule has 0 atom stereocenters. The van der Waals surface area contributed by atoms with E-state index in [1.165, 1.54) is 0 Å². The maximum absolute atomic E-state index is 12.1. The molecule has 0 saturated heterocycles. The molecule has 0 aliphatic heterocycles. The van der Waals surface area contributed by atoms with Crippen molar-refractivity contribution in [1.82, 2.24) is 5.32 Å². The van der Waals surface area contributed by atoms with Crippen LogP contribution in [0.15, 0.2) is 29.2 Å².